The minimum Gasteiger partial charge on any atom is -0.416 e. The molecule has 0 unspecified atom stereocenters. The summed E-state index contributed by atoms with van der Waals surface area (Å²) in [6.07, 6.45) is -1.13. The standard InChI is InChI=1S/C16H12F3N3O2/c17-16(18,19)10-23-9-11-2-1-3-13(8-11)15-22-21-14(24-15)12-4-6-20-7-5-12/h1-8H,9-10H2. The summed E-state index contributed by atoms with van der Waals surface area (Å²) in [6, 6.07) is 10.2. The van der Waals surface area contributed by atoms with Crippen molar-refractivity contribution in [2.24, 2.45) is 0 Å². The molecule has 5 nitrogen and oxygen atoms in total. The molecule has 0 saturated carbocycles. The highest BCUT2D eigenvalue weighted by Crippen LogP contribution is 2.24. The Balaban J connectivity index is 1.74. The molecule has 0 amide bonds. The van der Waals surface area contributed by atoms with Gasteiger partial charge in [-0.05, 0) is 29.8 Å². The molecule has 0 atom stereocenters. The Bertz CT molecular complexity index is 804. The van der Waals surface area contributed by atoms with Crippen LogP contribution in [-0.2, 0) is 11.3 Å². The predicted octanol–water partition coefficient (Wildman–Crippen LogP) is 3.88. The van der Waals surface area contributed by atoms with Gasteiger partial charge in [0.15, 0.2) is 0 Å². The molecule has 8 heteroatoms. The number of hydrogen-bond acceptors (Lipinski definition) is 5. The minimum atomic E-state index is -4.34. The van der Waals surface area contributed by atoms with Crippen molar-refractivity contribution in [1.29, 1.82) is 0 Å². The van der Waals surface area contributed by atoms with Gasteiger partial charge in [0.2, 0.25) is 11.8 Å². The Labute approximate surface area is 135 Å². The summed E-state index contributed by atoms with van der Waals surface area (Å²) in [7, 11) is 0. The molecule has 124 valence electrons. The molecule has 0 saturated heterocycles. The fraction of sp³-hybridized carbons (Fsp3) is 0.188. The Kier molecular flexibility index (Phi) is 4.57. The SMILES string of the molecule is FC(F)(F)COCc1cccc(-c2nnc(-c3ccncc3)o2)c1. The van der Waals surface area contributed by atoms with Crippen LogP contribution in [0.4, 0.5) is 13.2 Å². The van der Waals surface area contributed by atoms with Gasteiger partial charge in [-0.1, -0.05) is 12.1 Å². The van der Waals surface area contributed by atoms with E-state index in [2.05, 4.69) is 19.9 Å². The molecule has 24 heavy (non-hydrogen) atoms. The van der Waals surface area contributed by atoms with Gasteiger partial charge in [-0.15, -0.1) is 10.2 Å². The molecule has 0 aliphatic rings. The summed E-state index contributed by atoms with van der Waals surface area (Å²) in [6.45, 7) is -1.44. The van der Waals surface area contributed by atoms with Crippen molar-refractivity contribution in [3.8, 4) is 22.9 Å². The van der Waals surface area contributed by atoms with E-state index in [4.69, 9.17) is 4.42 Å². The molecule has 0 aliphatic heterocycles. The quantitative estimate of drug-likeness (QED) is 0.708. The van der Waals surface area contributed by atoms with Crippen molar-refractivity contribution >= 4 is 0 Å². The van der Waals surface area contributed by atoms with E-state index in [9.17, 15) is 13.2 Å². The molecule has 0 aliphatic carbocycles. The third-order valence-corrected chi connectivity index (χ3v) is 3.06. The molecule has 2 aromatic heterocycles. The first-order valence-electron chi connectivity index (χ1n) is 6.99. The molecule has 2 heterocycles. The van der Waals surface area contributed by atoms with E-state index in [0.717, 1.165) is 5.56 Å². The van der Waals surface area contributed by atoms with Gasteiger partial charge in [0.1, 0.15) is 6.61 Å². The van der Waals surface area contributed by atoms with Crippen LogP contribution in [0.1, 0.15) is 5.56 Å². The molecule has 0 bridgehead atoms. The van der Waals surface area contributed by atoms with Crippen molar-refractivity contribution in [2.45, 2.75) is 12.8 Å². The lowest BCUT2D eigenvalue weighted by Crippen LogP contribution is -2.16. The first-order valence-corrected chi connectivity index (χ1v) is 6.99. The maximum atomic E-state index is 12.1. The number of halogens is 3. The van der Waals surface area contributed by atoms with Crippen molar-refractivity contribution in [3.05, 3.63) is 54.4 Å². The predicted molar refractivity (Wildman–Crippen MR) is 78.7 cm³/mol. The number of pyridine rings is 1. The van der Waals surface area contributed by atoms with Gasteiger partial charge in [-0.3, -0.25) is 4.98 Å². The topological polar surface area (TPSA) is 61.0 Å². The number of rotatable bonds is 5. The zero-order valence-corrected chi connectivity index (χ0v) is 12.3. The Morgan fingerprint density at radius 2 is 1.67 bits per heavy atom. The molecule has 0 fully saturated rings. The third-order valence-electron chi connectivity index (χ3n) is 3.06. The van der Waals surface area contributed by atoms with Crippen LogP contribution in [0.15, 0.2) is 53.2 Å². The highest BCUT2D eigenvalue weighted by molar-refractivity contribution is 5.57. The maximum absolute atomic E-state index is 12.1. The smallest absolute Gasteiger partial charge is 0.411 e. The molecule has 0 radical (unpaired) electrons. The Morgan fingerprint density at radius 1 is 0.958 bits per heavy atom. The van der Waals surface area contributed by atoms with Gasteiger partial charge >= 0.3 is 6.18 Å². The lowest BCUT2D eigenvalue weighted by atomic mass is 10.1. The van der Waals surface area contributed by atoms with Gasteiger partial charge < -0.3 is 9.15 Å². The monoisotopic (exact) mass is 335 g/mol. The number of ether oxygens (including phenoxy) is 1. The second-order valence-corrected chi connectivity index (χ2v) is 4.96. The summed E-state index contributed by atoms with van der Waals surface area (Å²) >= 11 is 0. The Hall–Kier alpha value is -2.74. The van der Waals surface area contributed by atoms with Gasteiger partial charge in [0, 0.05) is 23.5 Å². The van der Waals surface area contributed by atoms with E-state index < -0.39 is 12.8 Å². The van der Waals surface area contributed by atoms with Crippen LogP contribution in [0, 0.1) is 0 Å². The van der Waals surface area contributed by atoms with Gasteiger partial charge in [0.25, 0.3) is 0 Å². The number of nitrogens with zero attached hydrogens (tertiary/aromatic N) is 3. The molecule has 0 spiro atoms. The van der Waals surface area contributed by atoms with Crippen LogP contribution in [-0.4, -0.2) is 28.0 Å². The number of benzene rings is 1. The average Bonchev–Trinajstić information content (AvgIpc) is 3.05. The lowest BCUT2D eigenvalue weighted by Gasteiger charge is -2.08. The molecule has 0 N–H and O–H groups in total. The zero-order valence-electron chi connectivity index (χ0n) is 12.3. The lowest BCUT2D eigenvalue weighted by molar-refractivity contribution is -0.176. The number of alkyl halides is 3. The van der Waals surface area contributed by atoms with Crippen LogP contribution >= 0.6 is 0 Å². The summed E-state index contributed by atoms with van der Waals surface area (Å²) in [5, 5.41) is 7.93. The van der Waals surface area contributed by atoms with Gasteiger partial charge in [0.05, 0.1) is 6.61 Å². The average molecular weight is 335 g/mol. The van der Waals surface area contributed by atoms with Crippen molar-refractivity contribution in [1.82, 2.24) is 15.2 Å². The van der Waals surface area contributed by atoms with Crippen LogP contribution in [0.2, 0.25) is 0 Å². The van der Waals surface area contributed by atoms with E-state index in [1.54, 1.807) is 48.8 Å². The van der Waals surface area contributed by atoms with E-state index >= 15 is 0 Å². The number of aromatic nitrogens is 3. The molecule has 1 aromatic carbocycles. The van der Waals surface area contributed by atoms with Gasteiger partial charge in [-0.25, -0.2) is 0 Å². The normalized spacial score (nSPS) is 11.6. The molecular weight excluding hydrogens is 323 g/mol. The number of hydrogen-bond donors (Lipinski definition) is 0. The van der Waals surface area contributed by atoms with E-state index in [1.807, 2.05) is 0 Å². The zero-order chi connectivity index (χ0) is 17.0. The van der Waals surface area contributed by atoms with Crippen molar-refractivity contribution in [3.63, 3.8) is 0 Å². The second kappa shape index (κ2) is 6.79. The van der Waals surface area contributed by atoms with E-state index in [0.29, 0.717) is 17.0 Å². The highest BCUT2D eigenvalue weighted by atomic mass is 19.4. The summed E-state index contributed by atoms with van der Waals surface area (Å²) < 4.78 is 46.6. The first-order chi connectivity index (χ1) is 11.5. The summed E-state index contributed by atoms with van der Waals surface area (Å²) in [5.74, 6) is 0.616. The summed E-state index contributed by atoms with van der Waals surface area (Å²) in [4.78, 5) is 3.91. The fourth-order valence-electron chi connectivity index (χ4n) is 2.03. The second-order valence-electron chi connectivity index (χ2n) is 4.96. The van der Waals surface area contributed by atoms with Crippen LogP contribution in [0.5, 0.6) is 0 Å². The van der Waals surface area contributed by atoms with Crippen LogP contribution < -0.4 is 0 Å². The van der Waals surface area contributed by atoms with E-state index in [-0.39, 0.29) is 12.5 Å². The molecular formula is C16H12F3N3O2. The summed E-state index contributed by atoms with van der Waals surface area (Å²) in [5.41, 5.74) is 1.92. The Morgan fingerprint density at radius 3 is 2.38 bits per heavy atom. The van der Waals surface area contributed by atoms with Gasteiger partial charge in [-0.2, -0.15) is 13.2 Å². The highest BCUT2D eigenvalue weighted by Gasteiger charge is 2.27. The van der Waals surface area contributed by atoms with Crippen LogP contribution in [0.3, 0.4) is 0 Å². The molecule has 3 rings (SSSR count). The maximum Gasteiger partial charge on any atom is 0.411 e. The van der Waals surface area contributed by atoms with Crippen molar-refractivity contribution < 1.29 is 22.3 Å². The third kappa shape index (κ3) is 4.17. The van der Waals surface area contributed by atoms with Crippen molar-refractivity contribution in [2.75, 3.05) is 6.61 Å². The van der Waals surface area contributed by atoms with E-state index in [1.165, 1.54) is 0 Å². The van der Waals surface area contributed by atoms with Crippen LogP contribution in [0.25, 0.3) is 22.9 Å². The molecule has 3 aromatic rings. The largest absolute Gasteiger partial charge is 0.416 e. The minimum absolute atomic E-state index is 0.154. The first kappa shape index (κ1) is 16.1. The fourth-order valence-corrected chi connectivity index (χ4v) is 2.03.